The van der Waals surface area contributed by atoms with E-state index in [2.05, 4.69) is 10.1 Å². The Balaban J connectivity index is 1.82. The number of carbonyl (C=O) groups excluding carboxylic acids is 1. The first-order valence-corrected chi connectivity index (χ1v) is 6.42. The zero-order valence-corrected chi connectivity index (χ0v) is 11.1. The molecule has 1 aromatic heterocycles. The van der Waals surface area contributed by atoms with E-state index in [9.17, 15) is 4.79 Å². The molecule has 0 radical (unpaired) electrons. The highest BCUT2D eigenvalue weighted by Gasteiger charge is 2.17. The second-order valence-corrected chi connectivity index (χ2v) is 4.90. The zero-order valence-electron chi connectivity index (χ0n) is 11.1. The molecule has 0 aliphatic carbocycles. The van der Waals surface area contributed by atoms with Gasteiger partial charge in [-0.3, -0.25) is 15.1 Å². The van der Waals surface area contributed by atoms with Gasteiger partial charge in [-0.05, 0) is 25.8 Å². The minimum atomic E-state index is -0.443. The maximum absolute atomic E-state index is 11.2. The first kappa shape index (κ1) is 14.0. The summed E-state index contributed by atoms with van der Waals surface area (Å²) in [6.07, 6.45) is 2.20. The summed E-state index contributed by atoms with van der Waals surface area (Å²) in [6, 6.07) is 1.61. The quantitative estimate of drug-likeness (QED) is 0.448. The average molecular weight is 268 g/mol. The van der Waals surface area contributed by atoms with Crippen LogP contribution in [0.15, 0.2) is 10.6 Å². The number of hydrogen-bond donors (Lipinski definition) is 2. The van der Waals surface area contributed by atoms with Crippen molar-refractivity contribution in [1.29, 1.82) is 0 Å². The van der Waals surface area contributed by atoms with E-state index < -0.39 is 5.91 Å². The Bertz CT molecular complexity index is 415. The lowest BCUT2D eigenvalue weighted by molar-refractivity contribution is 0.0540. The first-order valence-electron chi connectivity index (χ1n) is 6.42. The Morgan fingerprint density at radius 2 is 2.32 bits per heavy atom. The normalized spacial score (nSPS) is 16.8. The number of carbonyl (C=O) groups is 1. The van der Waals surface area contributed by atoms with Crippen LogP contribution in [0.25, 0.3) is 0 Å². The van der Waals surface area contributed by atoms with Gasteiger partial charge >= 0.3 is 0 Å². The van der Waals surface area contributed by atoms with Crippen molar-refractivity contribution < 1.29 is 14.1 Å². The van der Waals surface area contributed by atoms with Gasteiger partial charge in [-0.1, -0.05) is 5.16 Å². The van der Waals surface area contributed by atoms with Crippen molar-refractivity contribution in [3.8, 4) is 0 Å². The highest BCUT2D eigenvalue weighted by molar-refractivity contribution is 5.91. The summed E-state index contributed by atoms with van der Waals surface area (Å²) < 4.78 is 10.5. The monoisotopic (exact) mass is 268 g/mol. The number of amides is 1. The summed E-state index contributed by atoms with van der Waals surface area (Å²) >= 11 is 0. The largest absolute Gasteiger partial charge is 0.381 e. The van der Waals surface area contributed by atoms with Crippen LogP contribution in [0.2, 0.25) is 0 Å². The van der Waals surface area contributed by atoms with Crippen molar-refractivity contribution >= 4 is 5.91 Å². The lowest BCUT2D eigenvalue weighted by Crippen LogP contribution is -2.30. The molecule has 2 heterocycles. The van der Waals surface area contributed by atoms with Gasteiger partial charge in [-0.15, -0.1) is 0 Å². The number of nitrogen functional groups attached to an aromatic ring is 1. The molecule has 3 N–H and O–H groups in total. The molecule has 0 aromatic carbocycles. The van der Waals surface area contributed by atoms with Crippen LogP contribution in [0.4, 0.5) is 0 Å². The van der Waals surface area contributed by atoms with Crippen molar-refractivity contribution in [2.45, 2.75) is 19.4 Å². The second-order valence-electron chi connectivity index (χ2n) is 4.90. The van der Waals surface area contributed by atoms with E-state index in [-0.39, 0.29) is 5.69 Å². The Morgan fingerprint density at radius 3 is 3.00 bits per heavy atom. The van der Waals surface area contributed by atoms with Crippen molar-refractivity contribution in [2.75, 3.05) is 26.8 Å². The van der Waals surface area contributed by atoms with Gasteiger partial charge in [-0.2, -0.15) is 0 Å². The van der Waals surface area contributed by atoms with Gasteiger partial charge in [0.25, 0.3) is 5.91 Å². The fourth-order valence-electron chi connectivity index (χ4n) is 2.27. The molecule has 0 spiro atoms. The molecule has 7 heteroatoms. The number of ether oxygens (including phenoxy) is 1. The van der Waals surface area contributed by atoms with Gasteiger partial charge in [0.2, 0.25) is 0 Å². The molecular formula is C12H20N4O3. The standard InChI is InChI=1S/C12H20N4O3/c1-16(7-9-2-4-18-5-3-9)8-10-6-11(15-19-10)12(17)14-13/h6,9H,2-5,7-8,13H2,1H3,(H,14,17). The first-order chi connectivity index (χ1) is 9.19. The van der Waals surface area contributed by atoms with Crippen LogP contribution in [0.3, 0.4) is 0 Å². The molecule has 106 valence electrons. The maximum Gasteiger partial charge on any atom is 0.287 e. The van der Waals surface area contributed by atoms with E-state index >= 15 is 0 Å². The molecule has 2 rings (SSSR count). The lowest BCUT2D eigenvalue weighted by atomic mass is 10.00. The van der Waals surface area contributed by atoms with Gasteiger partial charge in [0.1, 0.15) is 0 Å². The van der Waals surface area contributed by atoms with Crippen LogP contribution in [-0.4, -0.2) is 42.8 Å². The van der Waals surface area contributed by atoms with Gasteiger partial charge in [0.05, 0.1) is 6.54 Å². The minimum Gasteiger partial charge on any atom is -0.381 e. The van der Waals surface area contributed by atoms with Gasteiger partial charge < -0.3 is 9.26 Å². The molecule has 1 aliphatic rings. The molecule has 1 saturated heterocycles. The average Bonchev–Trinajstić information content (AvgIpc) is 2.87. The van der Waals surface area contributed by atoms with Gasteiger partial charge in [0.15, 0.2) is 11.5 Å². The fraction of sp³-hybridized carbons (Fsp3) is 0.667. The van der Waals surface area contributed by atoms with Crippen molar-refractivity contribution in [3.63, 3.8) is 0 Å². The van der Waals surface area contributed by atoms with E-state index in [1.807, 2.05) is 12.5 Å². The summed E-state index contributed by atoms with van der Waals surface area (Å²) in [5.74, 6) is 5.91. The van der Waals surface area contributed by atoms with Crippen molar-refractivity contribution in [2.24, 2.45) is 11.8 Å². The van der Waals surface area contributed by atoms with Crippen LogP contribution < -0.4 is 11.3 Å². The maximum atomic E-state index is 11.2. The number of nitrogens with zero attached hydrogens (tertiary/aromatic N) is 2. The third kappa shape index (κ3) is 4.02. The molecule has 7 nitrogen and oxygen atoms in total. The van der Waals surface area contributed by atoms with E-state index in [1.165, 1.54) is 0 Å². The number of aromatic nitrogens is 1. The molecule has 0 atom stereocenters. The Hall–Kier alpha value is -1.44. The molecule has 1 aliphatic heterocycles. The van der Waals surface area contributed by atoms with Crippen LogP contribution in [-0.2, 0) is 11.3 Å². The third-order valence-corrected chi connectivity index (χ3v) is 3.26. The van der Waals surface area contributed by atoms with Gasteiger partial charge in [-0.25, -0.2) is 5.84 Å². The number of hydrogen-bond acceptors (Lipinski definition) is 6. The summed E-state index contributed by atoms with van der Waals surface area (Å²) in [5.41, 5.74) is 2.23. The fourth-order valence-corrected chi connectivity index (χ4v) is 2.27. The Labute approximate surface area is 112 Å². The van der Waals surface area contributed by atoms with E-state index in [1.54, 1.807) is 6.07 Å². The molecule has 1 fully saturated rings. The van der Waals surface area contributed by atoms with E-state index in [4.69, 9.17) is 15.1 Å². The highest BCUT2D eigenvalue weighted by Crippen LogP contribution is 2.16. The third-order valence-electron chi connectivity index (χ3n) is 3.26. The number of nitrogens with two attached hydrogens (primary N) is 1. The highest BCUT2D eigenvalue weighted by atomic mass is 16.5. The summed E-state index contributed by atoms with van der Waals surface area (Å²) in [7, 11) is 2.03. The molecule has 0 unspecified atom stereocenters. The van der Waals surface area contributed by atoms with E-state index in [0.29, 0.717) is 18.2 Å². The van der Waals surface area contributed by atoms with Crippen LogP contribution in [0.1, 0.15) is 29.1 Å². The van der Waals surface area contributed by atoms with Crippen molar-refractivity contribution in [3.05, 3.63) is 17.5 Å². The smallest absolute Gasteiger partial charge is 0.287 e. The Kier molecular flexibility index (Phi) is 4.89. The topological polar surface area (TPSA) is 93.6 Å². The van der Waals surface area contributed by atoms with Crippen LogP contribution in [0.5, 0.6) is 0 Å². The number of nitrogens with one attached hydrogen (secondary N) is 1. The summed E-state index contributed by atoms with van der Waals surface area (Å²) in [6.45, 7) is 3.31. The lowest BCUT2D eigenvalue weighted by Gasteiger charge is -2.26. The Morgan fingerprint density at radius 1 is 1.58 bits per heavy atom. The molecule has 19 heavy (non-hydrogen) atoms. The zero-order chi connectivity index (χ0) is 13.7. The molecule has 1 amide bonds. The van der Waals surface area contributed by atoms with Crippen molar-refractivity contribution in [1.82, 2.24) is 15.5 Å². The molecule has 0 bridgehead atoms. The molecular weight excluding hydrogens is 248 g/mol. The van der Waals surface area contributed by atoms with Crippen LogP contribution >= 0.6 is 0 Å². The van der Waals surface area contributed by atoms with Gasteiger partial charge in [0, 0.05) is 25.8 Å². The predicted octanol–water partition coefficient (Wildman–Crippen LogP) is 0.136. The second kappa shape index (κ2) is 6.65. The summed E-state index contributed by atoms with van der Waals surface area (Å²) in [4.78, 5) is 13.4. The predicted molar refractivity (Wildman–Crippen MR) is 68.0 cm³/mol. The van der Waals surface area contributed by atoms with E-state index in [0.717, 1.165) is 32.6 Å². The molecule has 0 saturated carbocycles. The minimum absolute atomic E-state index is 0.206. The van der Waals surface area contributed by atoms with Crippen LogP contribution in [0, 0.1) is 5.92 Å². The number of hydrazine groups is 1. The molecule has 1 aromatic rings. The SMILES string of the molecule is CN(Cc1cc(C(=O)NN)no1)CC1CCOCC1. The number of rotatable bonds is 5. The summed E-state index contributed by atoms with van der Waals surface area (Å²) in [5, 5.41) is 3.67.